The molecular formula is C9H10NO2. The van der Waals surface area contributed by atoms with Crippen LogP contribution in [0.1, 0.15) is 11.1 Å². The number of aliphatic hydroxyl groups excluding tert-OH is 1. The van der Waals surface area contributed by atoms with Crippen LogP contribution in [0.4, 0.5) is 0 Å². The molecule has 1 rings (SSSR count). The number of rotatable bonds is 3. The third kappa shape index (κ3) is 2.36. The fraction of sp³-hybridized carbons (Fsp3) is 0.111. The van der Waals surface area contributed by atoms with E-state index < -0.39 is 5.91 Å². The third-order valence-corrected chi connectivity index (χ3v) is 1.47. The molecule has 0 unspecified atom stereocenters. The van der Waals surface area contributed by atoms with E-state index in [-0.39, 0.29) is 6.61 Å². The molecule has 0 fully saturated rings. The molecule has 1 aromatic rings. The van der Waals surface area contributed by atoms with Gasteiger partial charge >= 0.3 is 0 Å². The quantitative estimate of drug-likeness (QED) is 0.671. The molecule has 0 aliphatic heterocycles. The summed E-state index contributed by atoms with van der Waals surface area (Å²) in [4.78, 5) is 10.4. The molecule has 0 saturated carbocycles. The average Bonchev–Trinajstić information content (AvgIpc) is 2.05. The van der Waals surface area contributed by atoms with Crippen molar-refractivity contribution in [1.82, 2.24) is 0 Å². The van der Waals surface area contributed by atoms with Gasteiger partial charge in [-0.05, 0) is 11.1 Å². The lowest BCUT2D eigenvalue weighted by Gasteiger charge is -1.98. The third-order valence-electron chi connectivity index (χ3n) is 1.47. The smallest absolute Gasteiger partial charge is 0.226 e. The molecule has 0 aliphatic carbocycles. The SMILES string of the molecule is NC(=O)[CH]c1ccc(CO)cc1. The highest BCUT2D eigenvalue weighted by Gasteiger charge is 1.98. The van der Waals surface area contributed by atoms with E-state index in [1.165, 1.54) is 6.42 Å². The summed E-state index contributed by atoms with van der Waals surface area (Å²) >= 11 is 0. The van der Waals surface area contributed by atoms with Crippen molar-refractivity contribution in [2.45, 2.75) is 6.61 Å². The Morgan fingerprint density at radius 2 is 2.00 bits per heavy atom. The van der Waals surface area contributed by atoms with Gasteiger partial charge in [-0.3, -0.25) is 4.79 Å². The molecule has 0 atom stereocenters. The second-order valence-corrected chi connectivity index (χ2v) is 2.45. The molecule has 63 valence electrons. The topological polar surface area (TPSA) is 63.3 Å². The molecule has 1 aromatic carbocycles. The zero-order valence-electron chi connectivity index (χ0n) is 6.53. The van der Waals surface area contributed by atoms with E-state index in [0.717, 1.165) is 11.1 Å². The van der Waals surface area contributed by atoms with Gasteiger partial charge in [0.05, 0.1) is 13.0 Å². The van der Waals surface area contributed by atoms with Crippen molar-refractivity contribution in [3.63, 3.8) is 0 Å². The number of hydrogen-bond donors (Lipinski definition) is 2. The van der Waals surface area contributed by atoms with Gasteiger partial charge in [-0.1, -0.05) is 24.3 Å². The second-order valence-electron chi connectivity index (χ2n) is 2.45. The molecule has 0 bridgehead atoms. The zero-order valence-corrected chi connectivity index (χ0v) is 6.53. The molecule has 1 radical (unpaired) electrons. The van der Waals surface area contributed by atoms with E-state index in [1.807, 2.05) is 0 Å². The number of aliphatic hydroxyl groups is 1. The summed E-state index contributed by atoms with van der Waals surface area (Å²) < 4.78 is 0. The van der Waals surface area contributed by atoms with E-state index in [9.17, 15) is 4.79 Å². The van der Waals surface area contributed by atoms with Gasteiger partial charge in [-0.15, -0.1) is 0 Å². The molecule has 3 heteroatoms. The van der Waals surface area contributed by atoms with Crippen molar-refractivity contribution < 1.29 is 9.90 Å². The maximum absolute atomic E-state index is 10.4. The molecule has 3 nitrogen and oxygen atoms in total. The summed E-state index contributed by atoms with van der Waals surface area (Å²) in [5, 5.41) is 8.71. The van der Waals surface area contributed by atoms with Crippen LogP contribution in [0.3, 0.4) is 0 Å². The Bertz CT molecular complexity index is 266. The van der Waals surface area contributed by atoms with Crippen LogP contribution in [0, 0.1) is 6.42 Å². The van der Waals surface area contributed by atoms with E-state index in [0.29, 0.717) is 0 Å². The zero-order chi connectivity index (χ0) is 8.97. The maximum Gasteiger partial charge on any atom is 0.226 e. The van der Waals surface area contributed by atoms with E-state index in [2.05, 4.69) is 0 Å². The van der Waals surface area contributed by atoms with Crippen molar-refractivity contribution in [1.29, 1.82) is 0 Å². The first-order chi connectivity index (χ1) is 5.72. The number of benzene rings is 1. The Labute approximate surface area is 70.8 Å². The van der Waals surface area contributed by atoms with Gasteiger partial charge in [0.15, 0.2) is 0 Å². The van der Waals surface area contributed by atoms with Gasteiger partial charge in [-0.25, -0.2) is 0 Å². The van der Waals surface area contributed by atoms with Crippen molar-refractivity contribution in [2.24, 2.45) is 5.73 Å². The molecule has 1 amide bonds. The van der Waals surface area contributed by atoms with Crippen LogP contribution >= 0.6 is 0 Å². The normalized spacial score (nSPS) is 9.75. The van der Waals surface area contributed by atoms with Crippen LogP contribution in [0.25, 0.3) is 0 Å². The molecule has 3 N–H and O–H groups in total. The molecule has 0 spiro atoms. The Kier molecular flexibility index (Phi) is 2.82. The second kappa shape index (κ2) is 3.88. The maximum atomic E-state index is 10.4. The molecule has 0 heterocycles. The van der Waals surface area contributed by atoms with Crippen molar-refractivity contribution >= 4 is 5.91 Å². The first kappa shape index (κ1) is 8.74. The summed E-state index contributed by atoms with van der Waals surface area (Å²) in [5.74, 6) is -0.466. The fourth-order valence-corrected chi connectivity index (χ4v) is 0.884. The summed E-state index contributed by atoms with van der Waals surface area (Å²) in [5.41, 5.74) is 6.52. The predicted molar refractivity (Wildman–Crippen MR) is 45.0 cm³/mol. The van der Waals surface area contributed by atoms with Crippen molar-refractivity contribution in [3.8, 4) is 0 Å². The fourth-order valence-electron chi connectivity index (χ4n) is 0.884. The summed E-state index contributed by atoms with van der Waals surface area (Å²) in [6.07, 6.45) is 1.33. The van der Waals surface area contributed by atoms with Crippen LogP contribution < -0.4 is 5.73 Å². The molecule has 0 aromatic heterocycles. The average molecular weight is 164 g/mol. The Morgan fingerprint density at radius 1 is 1.42 bits per heavy atom. The summed E-state index contributed by atoms with van der Waals surface area (Å²) in [6, 6.07) is 6.95. The Balaban J connectivity index is 2.71. The number of hydrogen-bond acceptors (Lipinski definition) is 2. The lowest BCUT2D eigenvalue weighted by molar-refractivity contribution is -0.114. The van der Waals surface area contributed by atoms with Crippen LogP contribution in [0.2, 0.25) is 0 Å². The lowest BCUT2D eigenvalue weighted by Crippen LogP contribution is -2.11. The first-order valence-electron chi connectivity index (χ1n) is 3.56. The molecular weight excluding hydrogens is 154 g/mol. The number of primary amides is 1. The number of carbonyl (C=O) groups is 1. The van der Waals surface area contributed by atoms with Crippen LogP contribution in [-0.4, -0.2) is 11.0 Å². The van der Waals surface area contributed by atoms with Crippen LogP contribution in [-0.2, 0) is 11.4 Å². The standard InChI is InChI=1S/C9H10NO2/c10-9(12)5-7-1-3-8(6-11)4-2-7/h1-5,11H,6H2,(H2,10,12). The Morgan fingerprint density at radius 3 is 2.42 bits per heavy atom. The van der Waals surface area contributed by atoms with Crippen LogP contribution in [0.5, 0.6) is 0 Å². The highest BCUT2D eigenvalue weighted by molar-refractivity contribution is 5.86. The van der Waals surface area contributed by atoms with Crippen molar-refractivity contribution in [2.75, 3.05) is 0 Å². The largest absolute Gasteiger partial charge is 0.392 e. The highest BCUT2D eigenvalue weighted by Crippen LogP contribution is 2.05. The highest BCUT2D eigenvalue weighted by atomic mass is 16.3. The minimum atomic E-state index is -0.466. The molecule has 0 saturated heterocycles. The number of nitrogens with two attached hydrogens (primary N) is 1. The number of carbonyl (C=O) groups excluding carboxylic acids is 1. The van der Waals surface area contributed by atoms with E-state index in [1.54, 1.807) is 24.3 Å². The Hall–Kier alpha value is -1.35. The van der Waals surface area contributed by atoms with E-state index in [4.69, 9.17) is 10.8 Å². The van der Waals surface area contributed by atoms with Gasteiger partial charge in [0.2, 0.25) is 5.91 Å². The molecule has 12 heavy (non-hydrogen) atoms. The van der Waals surface area contributed by atoms with Crippen LogP contribution in [0.15, 0.2) is 24.3 Å². The minimum Gasteiger partial charge on any atom is -0.392 e. The lowest BCUT2D eigenvalue weighted by atomic mass is 10.1. The minimum absolute atomic E-state index is 0.0108. The first-order valence-corrected chi connectivity index (χ1v) is 3.56. The summed E-state index contributed by atoms with van der Waals surface area (Å²) in [7, 11) is 0. The number of amides is 1. The molecule has 0 aliphatic rings. The van der Waals surface area contributed by atoms with Gasteiger partial charge in [0.25, 0.3) is 0 Å². The van der Waals surface area contributed by atoms with Gasteiger partial charge < -0.3 is 10.8 Å². The predicted octanol–water partition coefficient (Wildman–Crippen LogP) is 0.217. The van der Waals surface area contributed by atoms with Gasteiger partial charge in [-0.2, -0.15) is 0 Å². The van der Waals surface area contributed by atoms with E-state index >= 15 is 0 Å². The monoisotopic (exact) mass is 164 g/mol. The van der Waals surface area contributed by atoms with Gasteiger partial charge in [0, 0.05) is 0 Å². The van der Waals surface area contributed by atoms with Gasteiger partial charge in [0.1, 0.15) is 0 Å². The summed E-state index contributed by atoms with van der Waals surface area (Å²) in [6.45, 7) is 0.0108. The van der Waals surface area contributed by atoms with Crippen molar-refractivity contribution in [3.05, 3.63) is 41.8 Å².